The van der Waals surface area contributed by atoms with Crippen LogP contribution in [0, 0.1) is 12.3 Å². The number of nitrogens with zero attached hydrogens (tertiary/aromatic N) is 2. The molecule has 0 amide bonds. The standard InChI is InChI=1S/C19H21FN4/c1-5-6-22-19-15(9-20)7-14(8-17(19)18(21)12(2)3)16-10-23-13(4)24-11-16/h5,7-8,10-11,21-22H,1-2,6,9H2,3-4H3. The summed E-state index contributed by atoms with van der Waals surface area (Å²) in [7, 11) is 0. The number of alkyl halides is 1. The Labute approximate surface area is 141 Å². The van der Waals surface area contributed by atoms with Crippen molar-refractivity contribution in [3.63, 3.8) is 0 Å². The van der Waals surface area contributed by atoms with Gasteiger partial charge in [0.1, 0.15) is 12.5 Å². The number of hydrogen-bond acceptors (Lipinski definition) is 4. The van der Waals surface area contributed by atoms with E-state index >= 15 is 0 Å². The minimum absolute atomic E-state index is 0.270. The van der Waals surface area contributed by atoms with Gasteiger partial charge >= 0.3 is 0 Å². The Morgan fingerprint density at radius 1 is 1.29 bits per heavy atom. The average Bonchev–Trinajstić information content (AvgIpc) is 2.59. The molecule has 0 radical (unpaired) electrons. The molecule has 5 heteroatoms. The van der Waals surface area contributed by atoms with Crippen LogP contribution >= 0.6 is 0 Å². The third kappa shape index (κ3) is 3.74. The molecule has 2 N–H and O–H groups in total. The highest BCUT2D eigenvalue weighted by atomic mass is 19.1. The molecular weight excluding hydrogens is 303 g/mol. The molecule has 0 bridgehead atoms. The molecule has 2 aromatic rings. The molecule has 24 heavy (non-hydrogen) atoms. The zero-order chi connectivity index (χ0) is 17.7. The highest BCUT2D eigenvalue weighted by Crippen LogP contribution is 2.31. The van der Waals surface area contributed by atoms with Crippen molar-refractivity contribution in [3.8, 4) is 11.1 Å². The van der Waals surface area contributed by atoms with Gasteiger partial charge in [0.25, 0.3) is 0 Å². The fourth-order valence-corrected chi connectivity index (χ4v) is 2.33. The van der Waals surface area contributed by atoms with Crippen molar-refractivity contribution in [3.05, 3.63) is 66.3 Å². The lowest BCUT2D eigenvalue weighted by atomic mass is 9.94. The van der Waals surface area contributed by atoms with Crippen LogP contribution in [0.15, 0.2) is 49.3 Å². The van der Waals surface area contributed by atoms with E-state index in [2.05, 4.69) is 28.4 Å². The number of halogens is 1. The van der Waals surface area contributed by atoms with E-state index in [9.17, 15) is 4.39 Å². The molecule has 124 valence electrons. The van der Waals surface area contributed by atoms with Gasteiger partial charge in [-0.2, -0.15) is 0 Å². The van der Waals surface area contributed by atoms with Gasteiger partial charge in [0.05, 0.1) is 5.71 Å². The first-order chi connectivity index (χ1) is 11.5. The summed E-state index contributed by atoms with van der Waals surface area (Å²) in [5, 5.41) is 11.4. The minimum Gasteiger partial charge on any atom is -0.381 e. The first-order valence-corrected chi connectivity index (χ1v) is 7.59. The Kier molecular flexibility index (Phi) is 5.58. The number of anilines is 1. The van der Waals surface area contributed by atoms with Gasteiger partial charge in [0.2, 0.25) is 0 Å². The molecule has 0 aliphatic carbocycles. The molecule has 4 nitrogen and oxygen atoms in total. The monoisotopic (exact) mass is 324 g/mol. The largest absolute Gasteiger partial charge is 0.381 e. The average molecular weight is 324 g/mol. The van der Waals surface area contributed by atoms with E-state index in [-0.39, 0.29) is 5.71 Å². The molecule has 0 aliphatic heterocycles. The van der Waals surface area contributed by atoms with Crippen molar-refractivity contribution >= 4 is 11.4 Å². The molecule has 0 unspecified atom stereocenters. The lowest BCUT2D eigenvalue weighted by Crippen LogP contribution is -2.10. The van der Waals surface area contributed by atoms with Crippen LogP contribution in [0.3, 0.4) is 0 Å². The van der Waals surface area contributed by atoms with Gasteiger partial charge in [-0.15, -0.1) is 6.58 Å². The second-order valence-corrected chi connectivity index (χ2v) is 5.54. The smallest absolute Gasteiger partial charge is 0.125 e. The lowest BCUT2D eigenvalue weighted by molar-refractivity contribution is 0.486. The molecule has 1 aromatic heterocycles. The van der Waals surface area contributed by atoms with Gasteiger partial charge in [-0.1, -0.05) is 12.7 Å². The summed E-state index contributed by atoms with van der Waals surface area (Å²) in [6, 6.07) is 3.60. The molecule has 1 heterocycles. The summed E-state index contributed by atoms with van der Waals surface area (Å²) < 4.78 is 13.6. The zero-order valence-corrected chi connectivity index (χ0v) is 14.0. The van der Waals surface area contributed by atoms with E-state index in [1.807, 2.05) is 6.07 Å². The summed E-state index contributed by atoms with van der Waals surface area (Å²) in [4.78, 5) is 8.38. The van der Waals surface area contributed by atoms with Gasteiger partial charge < -0.3 is 5.32 Å². The van der Waals surface area contributed by atoms with Gasteiger partial charge in [-0.25, -0.2) is 14.4 Å². The van der Waals surface area contributed by atoms with E-state index in [1.54, 1.807) is 38.4 Å². The van der Waals surface area contributed by atoms with Crippen molar-refractivity contribution in [2.24, 2.45) is 0 Å². The molecule has 1 aromatic carbocycles. The van der Waals surface area contributed by atoms with Crippen molar-refractivity contribution in [1.29, 1.82) is 5.41 Å². The number of benzene rings is 1. The van der Waals surface area contributed by atoms with Crippen LogP contribution in [-0.2, 0) is 6.67 Å². The molecular formula is C19H21FN4. The third-order valence-corrected chi connectivity index (χ3v) is 3.60. The normalized spacial score (nSPS) is 10.3. The van der Waals surface area contributed by atoms with Crippen molar-refractivity contribution in [2.45, 2.75) is 20.5 Å². The molecule has 0 atom stereocenters. The van der Waals surface area contributed by atoms with Crippen LogP contribution < -0.4 is 5.32 Å². The first-order valence-electron chi connectivity index (χ1n) is 7.59. The van der Waals surface area contributed by atoms with Gasteiger partial charge in [0, 0.05) is 41.3 Å². The minimum atomic E-state index is -0.642. The van der Waals surface area contributed by atoms with Gasteiger partial charge in [-0.3, -0.25) is 5.41 Å². The Morgan fingerprint density at radius 3 is 2.50 bits per heavy atom. The first kappa shape index (κ1) is 17.5. The fourth-order valence-electron chi connectivity index (χ4n) is 2.33. The van der Waals surface area contributed by atoms with Crippen LogP contribution in [0.1, 0.15) is 23.9 Å². The summed E-state index contributed by atoms with van der Waals surface area (Å²) >= 11 is 0. The number of aryl methyl sites for hydroxylation is 1. The molecule has 0 saturated heterocycles. The summed E-state index contributed by atoms with van der Waals surface area (Å²) in [5.41, 5.74) is 4.12. The van der Waals surface area contributed by atoms with Crippen LogP contribution in [-0.4, -0.2) is 22.2 Å². The maximum atomic E-state index is 13.6. The third-order valence-electron chi connectivity index (χ3n) is 3.60. The van der Waals surface area contributed by atoms with Gasteiger partial charge in [0.15, 0.2) is 0 Å². The molecule has 0 fully saturated rings. The Balaban J connectivity index is 2.64. The molecule has 0 aliphatic rings. The van der Waals surface area contributed by atoms with Crippen LogP contribution in [0.4, 0.5) is 10.1 Å². The van der Waals surface area contributed by atoms with Crippen LogP contribution in [0.5, 0.6) is 0 Å². The Bertz CT molecular complexity index is 779. The van der Waals surface area contributed by atoms with E-state index in [4.69, 9.17) is 5.41 Å². The van der Waals surface area contributed by atoms with Gasteiger partial charge in [-0.05, 0) is 37.1 Å². The number of nitrogens with one attached hydrogen (secondary N) is 2. The predicted octanol–water partition coefficient (Wildman–Crippen LogP) is 4.46. The van der Waals surface area contributed by atoms with Crippen LogP contribution in [0.25, 0.3) is 11.1 Å². The Morgan fingerprint density at radius 2 is 1.96 bits per heavy atom. The molecule has 0 spiro atoms. The lowest BCUT2D eigenvalue weighted by Gasteiger charge is -2.17. The van der Waals surface area contributed by atoms with Crippen LogP contribution in [0.2, 0.25) is 0 Å². The maximum absolute atomic E-state index is 13.6. The van der Waals surface area contributed by atoms with E-state index in [0.717, 1.165) is 11.1 Å². The fraction of sp³-hybridized carbons (Fsp3) is 0.211. The second-order valence-electron chi connectivity index (χ2n) is 5.54. The highest BCUT2D eigenvalue weighted by Gasteiger charge is 2.16. The van der Waals surface area contributed by atoms with Crippen molar-refractivity contribution in [2.75, 3.05) is 11.9 Å². The van der Waals surface area contributed by atoms with E-state index < -0.39 is 6.67 Å². The zero-order valence-electron chi connectivity index (χ0n) is 14.0. The summed E-state index contributed by atoms with van der Waals surface area (Å²) in [5.74, 6) is 0.670. The highest BCUT2D eigenvalue weighted by molar-refractivity contribution is 6.14. The van der Waals surface area contributed by atoms with E-state index in [0.29, 0.717) is 34.8 Å². The number of hydrogen-bond donors (Lipinski definition) is 2. The number of rotatable bonds is 7. The Hall–Kier alpha value is -2.82. The maximum Gasteiger partial charge on any atom is 0.125 e. The summed E-state index contributed by atoms with van der Waals surface area (Å²) in [6.45, 7) is 10.9. The second kappa shape index (κ2) is 7.64. The van der Waals surface area contributed by atoms with Crippen molar-refractivity contribution in [1.82, 2.24) is 9.97 Å². The molecule has 0 saturated carbocycles. The van der Waals surface area contributed by atoms with Crippen molar-refractivity contribution < 1.29 is 4.39 Å². The quantitative estimate of drug-likeness (QED) is 0.584. The SMILES string of the molecule is C=CCNc1c(CF)cc(-c2cnc(C)nc2)cc1C(=N)C(=C)C. The summed E-state index contributed by atoms with van der Waals surface area (Å²) in [6.07, 6.45) is 5.09. The number of allylic oxidation sites excluding steroid dienone is 1. The molecule has 2 rings (SSSR count). The van der Waals surface area contributed by atoms with E-state index in [1.165, 1.54) is 0 Å². The number of aromatic nitrogens is 2. The topological polar surface area (TPSA) is 61.7 Å². The predicted molar refractivity (Wildman–Crippen MR) is 97.3 cm³/mol.